The van der Waals surface area contributed by atoms with E-state index >= 15 is 0 Å². The zero-order valence-corrected chi connectivity index (χ0v) is 13.5. The average molecular weight is 317 g/mol. The predicted octanol–water partition coefficient (Wildman–Crippen LogP) is 2.30. The normalized spacial score (nSPS) is 20.9. The maximum atomic E-state index is 12.6. The van der Waals surface area contributed by atoms with E-state index in [0.717, 1.165) is 32.2 Å². The largest absolute Gasteiger partial charge is 0.453 e. The molecule has 124 valence electrons. The van der Waals surface area contributed by atoms with Gasteiger partial charge in [0.2, 0.25) is 5.91 Å². The van der Waals surface area contributed by atoms with Crippen molar-refractivity contribution >= 4 is 17.8 Å². The van der Waals surface area contributed by atoms with Gasteiger partial charge in [-0.25, -0.2) is 9.78 Å². The molecule has 0 radical (unpaired) electrons. The van der Waals surface area contributed by atoms with E-state index in [1.54, 1.807) is 11.1 Å². The number of nitrogens with zero attached hydrogens (tertiary/aromatic N) is 3. The standard InChI is InChI=1S/C17H23N3O3/c1-23-17(22)19-10-4-5-13(11-19)12-20(16(21)14-7-8-14)15-6-2-3-9-18-15/h2-3,6,9,13-14H,4-5,7-8,10-12H2,1H3. The van der Waals surface area contributed by atoms with Crippen LogP contribution >= 0.6 is 0 Å². The highest BCUT2D eigenvalue weighted by Gasteiger charge is 2.36. The van der Waals surface area contributed by atoms with Gasteiger partial charge in [-0.2, -0.15) is 0 Å². The van der Waals surface area contributed by atoms with Gasteiger partial charge in [0.15, 0.2) is 0 Å². The van der Waals surface area contributed by atoms with E-state index in [2.05, 4.69) is 4.98 Å². The Morgan fingerprint density at radius 3 is 2.83 bits per heavy atom. The van der Waals surface area contributed by atoms with Crippen molar-refractivity contribution in [3.05, 3.63) is 24.4 Å². The Hall–Kier alpha value is -2.11. The molecule has 1 aliphatic carbocycles. The molecule has 1 saturated heterocycles. The number of hydrogen-bond acceptors (Lipinski definition) is 4. The van der Waals surface area contributed by atoms with Gasteiger partial charge in [-0.15, -0.1) is 0 Å². The molecule has 0 N–H and O–H groups in total. The fourth-order valence-corrected chi connectivity index (χ4v) is 3.13. The lowest BCUT2D eigenvalue weighted by Crippen LogP contribution is -2.45. The number of rotatable bonds is 4. The van der Waals surface area contributed by atoms with Gasteiger partial charge in [-0.05, 0) is 43.7 Å². The molecule has 3 rings (SSSR count). The fraction of sp³-hybridized carbons (Fsp3) is 0.588. The van der Waals surface area contributed by atoms with Gasteiger partial charge in [0, 0.05) is 31.7 Å². The Morgan fingerprint density at radius 1 is 1.35 bits per heavy atom. The highest BCUT2D eigenvalue weighted by atomic mass is 16.5. The van der Waals surface area contributed by atoms with Gasteiger partial charge < -0.3 is 9.64 Å². The maximum Gasteiger partial charge on any atom is 0.409 e. The van der Waals surface area contributed by atoms with E-state index in [1.807, 2.05) is 23.1 Å². The SMILES string of the molecule is COC(=O)N1CCCC(CN(C(=O)C2CC2)c2ccccn2)C1. The second-order valence-electron chi connectivity index (χ2n) is 6.34. The number of hydrogen-bond donors (Lipinski definition) is 0. The average Bonchev–Trinajstić information content (AvgIpc) is 3.44. The lowest BCUT2D eigenvalue weighted by atomic mass is 9.97. The van der Waals surface area contributed by atoms with Crippen molar-refractivity contribution in [3.8, 4) is 0 Å². The monoisotopic (exact) mass is 317 g/mol. The lowest BCUT2D eigenvalue weighted by Gasteiger charge is -2.34. The molecule has 1 saturated carbocycles. The van der Waals surface area contributed by atoms with Crippen LogP contribution in [0.3, 0.4) is 0 Å². The van der Waals surface area contributed by atoms with Crippen LogP contribution in [-0.4, -0.2) is 48.6 Å². The third-order valence-electron chi connectivity index (χ3n) is 4.51. The molecule has 1 unspecified atom stereocenters. The number of likely N-dealkylation sites (tertiary alicyclic amines) is 1. The summed E-state index contributed by atoms with van der Waals surface area (Å²) in [5, 5.41) is 0. The molecule has 1 aliphatic heterocycles. The van der Waals surface area contributed by atoms with E-state index in [4.69, 9.17) is 4.74 Å². The molecule has 1 atom stereocenters. The molecule has 2 fully saturated rings. The van der Waals surface area contributed by atoms with Crippen molar-refractivity contribution in [1.82, 2.24) is 9.88 Å². The maximum absolute atomic E-state index is 12.6. The number of piperidine rings is 1. The quantitative estimate of drug-likeness (QED) is 0.855. The van der Waals surface area contributed by atoms with Gasteiger partial charge >= 0.3 is 6.09 Å². The molecule has 0 aromatic carbocycles. The number of aromatic nitrogens is 1. The molecule has 0 bridgehead atoms. The fourth-order valence-electron chi connectivity index (χ4n) is 3.13. The van der Waals surface area contributed by atoms with E-state index < -0.39 is 0 Å². The minimum absolute atomic E-state index is 0.150. The van der Waals surface area contributed by atoms with Crippen molar-refractivity contribution < 1.29 is 14.3 Å². The first-order chi connectivity index (χ1) is 11.2. The summed E-state index contributed by atoms with van der Waals surface area (Å²) >= 11 is 0. The molecule has 1 aromatic rings. The van der Waals surface area contributed by atoms with Crippen LogP contribution in [0.15, 0.2) is 24.4 Å². The van der Waals surface area contributed by atoms with Crippen molar-refractivity contribution in [2.24, 2.45) is 11.8 Å². The summed E-state index contributed by atoms with van der Waals surface area (Å²) in [5.74, 6) is 1.28. The number of methoxy groups -OCH3 is 1. The smallest absolute Gasteiger partial charge is 0.409 e. The third kappa shape index (κ3) is 3.81. The summed E-state index contributed by atoms with van der Waals surface area (Å²) in [5.41, 5.74) is 0. The highest BCUT2D eigenvalue weighted by molar-refractivity contribution is 5.95. The van der Waals surface area contributed by atoms with Crippen LogP contribution in [0.25, 0.3) is 0 Å². The Labute approximate surface area is 136 Å². The molecule has 1 aromatic heterocycles. The Balaban J connectivity index is 1.70. The lowest BCUT2D eigenvalue weighted by molar-refractivity contribution is -0.120. The topological polar surface area (TPSA) is 62.7 Å². The molecular weight excluding hydrogens is 294 g/mol. The van der Waals surface area contributed by atoms with Gasteiger partial charge in [0.05, 0.1) is 7.11 Å². The Kier molecular flexibility index (Phi) is 4.79. The number of carbonyl (C=O) groups excluding carboxylic acids is 2. The molecule has 6 nitrogen and oxygen atoms in total. The minimum atomic E-state index is -0.285. The van der Waals surface area contributed by atoms with Crippen LogP contribution in [-0.2, 0) is 9.53 Å². The second kappa shape index (κ2) is 6.98. The molecule has 23 heavy (non-hydrogen) atoms. The Morgan fingerprint density at radius 2 is 2.17 bits per heavy atom. The summed E-state index contributed by atoms with van der Waals surface area (Å²) in [6.45, 7) is 1.97. The first-order valence-corrected chi connectivity index (χ1v) is 8.24. The predicted molar refractivity (Wildman–Crippen MR) is 86.0 cm³/mol. The second-order valence-corrected chi connectivity index (χ2v) is 6.34. The van der Waals surface area contributed by atoms with E-state index in [1.165, 1.54) is 7.11 Å². The molecule has 6 heteroatoms. The number of pyridine rings is 1. The molecule has 2 amide bonds. The van der Waals surface area contributed by atoms with Crippen molar-refractivity contribution in [1.29, 1.82) is 0 Å². The zero-order chi connectivity index (χ0) is 16.2. The highest BCUT2D eigenvalue weighted by Crippen LogP contribution is 2.33. The van der Waals surface area contributed by atoms with Gasteiger partial charge in [-0.3, -0.25) is 9.69 Å². The van der Waals surface area contributed by atoms with Crippen LogP contribution in [0.1, 0.15) is 25.7 Å². The van der Waals surface area contributed by atoms with Crippen LogP contribution in [0, 0.1) is 11.8 Å². The van der Waals surface area contributed by atoms with Crippen molar-refractivity contribution in [3.63, 3.8) is 0 Å². The number of carbonyl (C=O) groups is 2. The summed E-state index contributed by atoms with van der Waals surface area (Å²) in [7, 11) is 1.41. The number of anilines is 1. The van der Waals surface area contributed by atoms with E-state index in [-0.39, 0.29) is 23.8 Å². The number of amides is 2. The van der Waals surface area contributed by atoms with Crippen LogP contribution in [0.5, 0.6) is 0 Å². The third-order valence-corrected chi connectivity index (χ3v) is 4.51. The van der Waals surface area contributed by atoms with E-state index in [9.17, 15) is 9.59 Å². The summed E-state index contributed by atoms with van der Waals surface area (Å²) in [6.07, 6.45) is 5.32. The van der Waals surface area contributed by atoms with Crippen LogP contribution < -0.4 is 4.90 Å². The number of ether oxygens (including phenoxy) is 1. The van der Waals surface area contributed by atoms with Crippen LogP contribution in [0.4, 0.5) is 10.6 Å². The van der Waals surface area contributed by atoms with Gasteiger partial charge in [0.25, 0.3) is 0 Å². The van der Waals surface area contributed by atoms with E-state index in [0.29, 0.717) is 18.9 Å². The molecule has 0 spiro atoms. The molecule has 2 heterocycles. The summed E-state index contributed by atoms with van der Waals surface area (Å²) in [4.78, 5) is 32.2. The molecule has 2 aliphatic rings. The van der Waals surface area contributed by atoms with Crippen molar-refractivity contribution in [2.75, 3.05) is 31.6 Å². The first-order valence-electron chi connectivity index (χ1n) is 8.24. The summed E-state index contributed by atoms with van der Waals surface area (Å²) < 4.78 is 4.82. The van der Waals surface area contributed by atoms with Crippen LogP contribution in [0.2, 0.25) is 0 Å². The van der Waals surface area contributed by atoms with Crippen molar-refractivity contribution in [2.45, 2.75) is 25.7 Å². The molecular formula is C17H23N3O3. The van der Waals surface area contributed by atoms with Gasteiger partial charge in [0.1, 0.15) is 5.82 Å². The first kappa shape index (κ1) is 15.8. The summed E-state index contributed by atoms with van der Waals surface area (Å²) in [6, 6.07) is 5.63. The minimum Gasteiger partial charge on any atom is -0.453 e. The van der Waals surface area contributed by atoms with Gasteiger partial charge in [-0.1, -0.05) is 6.07 Å². The zero-order valence-electron chi connectivity index (χ0n) is 13.5. The Bertz CT molecular complexity index is 559.